The predicted octanol–water partition coefficient (Wildman–Crippen LogP) is 4.93. The molecule has 0 aliphatic heterocycles. The summed E-state index contributed by atoms with van der Waals surface area (Å²) in [5.74, 6) is -0.908. The minimum absolute atomic E-state index is 0.151. The van der Waals surface area contributed by atoms with E-state index in [9.17, 15) is 17.6 Å². The number of rotatable bonds is 7. The standard InChI is InChI=1S/C21H18ClFN2O4S/c1-2-29-20-11-10-16(30(27,28)25-18-9-4-3-8-17(18)23)13-19(20)24-21(26)14-6-5-7-15(22)12-14/h3-13,25H,2H2,1H3,(H,24,26). The SMILES string of the molecule is CCOc1ccc(S(=O)(=O)Nc2ccccc2F)cc1NC(=O)c1cccc(Cl)c1. The summed E-state index contributed by atoms with van der Waals surface area (Å²) in [5, 5.41) is 3.02. The van der Waals surface area contributed by atoms with Crippen LogP contribution in [-0.2, 0) is 10.0 Å². The second-order valence-electron chi connectivity index (χ2n) is 6.14. The van der Waals surface area contributed by atoms with Gasteiger partial charge in [-0.05, 0) is 55.5 Å². The van der Waals surface area contributed by atoms with E-state index in [0.717, 1.165) is 6.07 Å². The number of nitrogens with one attached hydrogen (secondary N) is 2. The molecule has 3 rings (SSSR count). The average molecular weight is 449 g/mol. The average Bonchev–Trinajstić information content (AvgIpc) is 2.71. The van der Waals surface area contributed by atoms with Crippen molar-refractivity contribution in [3.05, 3.63) is 83.1 Å². The highest BCUT2D eigenvalue weighted by molar-refractivity contribution is 7.92. The summed E-state index contributed by atoms with van der Waals surface area (Å²) in [5.41, 5.74) is 0.261. The minimum atomic E-state index is -4.12. The fourth-order valence-electron chi connectivity index (χ4n) is 2.63. The lowest BCUT2D eigenvalue weighted by Gasteiger charge is -2.14. The van der Waals surface area contributed by atoms with Crippen molar-refractivity contribution >= 4 is 38.9 Å². The van der Waals surface area contributed by atoms with Crippen molar-refractivity contribution in [3.8, 4) is 5.75 Å². The predicted molar refractivity (Wildman–Crippen MR) is 114 cm³/mol. The first kappa shape index (κ1) is 21.6. The zero-order chi connectivity index (χ0) is 21.7. The van der Waals surface area contributed by atoms with Gasteiger partial charge in [-0.2, -0.15) is 0 Å². The summed E-state index contributed by atoms with van der Waals surface area (Å²) in [6.45, 7) is 2.06. The topological polar surface area (TPSA) is 84.5 Å². The molecule has 3 aromatic rings. The zero-order valence-electron chi connectivity index (χ0n) is 15.9. The molecule has 0 heterocycles. The summed E-state index contributed by atoms with van der Waals surface area (Å²) in [7, 11) is -4.12. The normalized spacial score (nSPS) is 11.0. The summed E-state index contributed by atoms with van der Waals surface area (Å²) in [4.78, 5) is 12.4. The van der Waals surface area contributed by atoms with Crippen LogP contribution in [0, 0.1) is 5.82 Å². The molecule has 0 unspecified atom stereocenters. The van der Waals surface area contributed by atoms with Crippen molar-refractivity contribution in [2.75, 3.05) is 16.6 Å². The number of hydrogen-bond acceptors (Lipinski definition) is 4. The Labute approximate surface area is 178 Å². The van der Waals surface area contributed by atoms with E-state index in [-0.39, 0.29) is 22.0 Å². The molecule has 9 heteroatoms. The number of carbonyl (C=O) groups excluding carboxylic acids is 1. The Morgan fingerprint density at radius 1 is 1.03 bits per heavy atom. The highest BCUT2D eigenvalue weighted by Gasteiger charge is 2.19. The minimum Gasteiger partial charge on any atom is -0.492 e. The second kappa shape index (κ2) is 9.15. The number of amides is 1. The quantitative estimate of drug-likeness (QED) is 0.536. The van der Waals surface area contributed by atoms with Crippen molar-refractivity contribution in [3.63, 3.8) is 0 Å². The number of halogens is 2. The Kier molecular flexibility index (Phi) is 6.59. The van der Waals surface area contributed by atoms with Crippen LogP contribution in [0.1, 0.15) is 17.3 Å². The van der Waals surface area contributed by atoms with Gasteiger partial charge in [0.2, 0.25) is 0 Å². The van der Waals surface area contributed by atoms with E-state index >= 15 is 0 Å². The van der Waals surface area contributed by atoms with E-state index in [1.807, 2.05) is 0 Å². The molecule has 0 aromatic heterocycles. The van der Waals surface area contributed by atoms with Gasteiger partial charge in [-0.15, -0.1) is 0 Å². The Hall–Kier alpha value is -3.10. The molecule has 0 aliphatic rings. The lowest BCUT2D eigenvalue weighted by Crippen LogP contribution is -2.16. The molecule has 0 saturated heterocycles. The molecular formula is C21H18ClFN2O4S. The first-order valence-electron chi connectivity index (χ1n) is 8.91. The third kappa shape index (κ3) is 5.08. The van der Waals surface area contributed by atoms with Crippen LogP contribution in [0.25, 0.3) is 0 Å². The molecule has 1 amide bonds. The van der Waals surface area contributed by atoms with Crippen LogP contribution in [0.5, 0.6) is 5.75 Å². The highest BCUT2D eigenvalue weighted by atomic mass is 35.5. The van der Waals surface area contributed by atoms with Gasteiger partial charge in [0.25, 0.3) is 15.9 Å². The summed E-state index contributed by atoms with van der Waals surface area (Å²) in [6, 6.07) is 15.7. The smallest absolute Gasteiger partial charge is 0.262 e. The van der Waals surface area contributed by atoms with Crippen molar-refractivity contribution in [1.29, 1.82) is 0 Å². The van der Waals surface area contributed by atoms with Crippen LogP contribution in [0.15, 0.2) is 71.6 Å². The summed E-state index contributed by atoms with van der Waals surface area (Å²) in [6.07, 6.45) is 0. The van der Waals surface area contributed by atoms with Crippen molar-refractivity contribution in [1.82, 2.24) is 0 Å². The summed E-state index contributed by atoms with van der Waals surface area (Å²) < 4.78 is 47.0. The zero-order valence-corrected chi connectivity index (χ0v) is 17.4. The van der Waals surface area contributed by atoms with Gasteiger partial charge in [0.1, 0.15) is 11.6 Å². The van der Waals surface area contributed by atoms with E-state index in [1.165, 1.54) is 42.5 Å². The molecule has 0 aliphatic carbocycles. The second-order valence-corrected chi connectivity index (χ2v) is 8.26. The maximum absolute atomic E-state index is 13.9. The third-order valence-corrected chi connectivity index (χ3v) is 5.61. The Balaban J connectivity index is 1.94. The van der Waals surface area contributed by atoms with Crippen molar-refractivity contribution < 1.29 is 22.3 Å². The number of hydrogen-bond donors (Lipinski definition) is 2. The molecule has 3 aromatic carbocycles. The first-order chi connectivity index (χ1) is 14.3. The molecule has 156 valence electrons. The van der Waals surface area contributed by atoms with E-state index in [1.54, 1.807) is 25.1 Å². The molecule has 0 atom stereocenters. The molecule has 0 bridgehead atoms. The van der Waals surface area contributed by atoms with Gasteiger partial charge in [0, 0.05) is 10.6 Å². The number of para-hydroxylation sites is 1. The van der Waals surface area contributed by atoms with Gasteiger partial charge in [-0.1, -0.05) is 29.8 Å². The van der Waals surface area contributed by atoms with Crippen molar-refractivity contribution in [2.24, 2.45) is 0 Å². The molecule has 2 N–H and O–H groups in total. The van der Waals surface area contributed by atoms with Crippen LogP contribution in [-0.4, -0.2) is 20.9 Å². The molecule has 0 fully saturated rings. The monoisotopic (exact) mass is 448 g/mol. The maximum atomic E-state index is 13.9. The van der Waals surface area contributed by atoms with Crippen LogP contribution in [0.3, 0.4) is 0 Å². The van der Waals surface area contributed by atoms with Gasteiger partial charge < -0.3 is 10.1 Å². The lowest BCUT2D eigenvalue weighted by atomic mass is 10.2. The van der Waals surface area contributed by atoms with Gasteiger partial charge in [-0.25, -0.2) is 12.8 Å². The number of ether oxygens (including phenoxy) is 1. The van der Waals surface area contributed by atoms with Crippen LogP contribution in [0.4, 0.5) is 15.8 Å². The van der Waals surface area contributed by atoms with Crippen LogP contribution >= 0.6 is 11.6 Å². The van der Waals surface area contributed by atoms with E-state index in [4.69, 9.17) is 16.3 Å². The number of sulfonamides is 1. The number of carbonyl (C=O) groups is 1. The highest BCUT2D eigenvalue weighted by Crippen LogP contribution is 2.30. The maximum Gasteiger partial charge on any atom is 0.262 e. The molecule has 0 saturated carbocycles. The van der Waals surface area contributed by atoms with Gasteiger partial charge >= 0.3 is 0 Å². The fraction of sp³-hybridized carbons (Fsp3) is 0.0952. The van der Waals surface area contributed by atoms with Gasteiger partial charge in [-0.3, -0.25) is 9.52 Å². The van der Waals surface area contributed by atoms with Crippen LogP contribution < -0.4 is 14.8 Å². The molecular weight excluding hydrogens is 431 g/mol. The van der Waals surface area contributed by atoms with Crippen molar-refractivity contribution in [2.45, 2.75) is 11.8 Å². The van der Waals surface area contributed by atoms with Gasteiger partial charge in [0.15, 0.2) is 0 Å². The Bertz CT molecular complexity index is 1190. The van der Waals surface area contributed by atoms with Crippen LogP contribution in [0.2, 0.25) is 5.02 Å². The largest absolute Gasteiger partial charge is 0.492 e. The summed E-state index contributed by atoms with van der Waals surface area (Å²) >= 11 is 5.92. The van der Waals surface area contributed by atoms with E-state index in [2.05, 4.69) is 10.0 Å². The van der Waals surface area contributed by atoms with E-state index in [0.29, 0.717) is 17.2 Å². The Morgan fingerprint density at radius 3 is 2.50 bits per heavy atom. The third-order valence-electron chi connectivity index (χ3n) is 4.01. The Morgan fingerprint density at radius 2 is 1.80 bits per heavy atom. The van der Waals surface area contributed by atoms with E-state index < -0.39 is 21.7 Å². The molecule has 6 nitrogen and oxygen atoms in total. The number of anilines is 2. The first-order valence-corrected chi connectivity index (χ1v) is 10.8. The van der Waals surface area contributed by atoms with Gasteiger partial charge in [0.05, 0.1) is 22.9 Å². The molecule has 30 heavy (non-hydrogen) atoms. The number of benzene rings is 3. The lowest BCUT2D eigenvalue weighted by molar-refractivity contribution is 0.102. The fourth-order valence-corrected chi connectivity index (χ4v) is 3.91. The molecule has 0 spiro atoms. The molecule has 0 radical (unpaired) electrons.